The molecule has 0 spiro atoms. The Balaban J connectivity index is 1.84. The largest absolute Gasteiger partial charge is 0.294 e. The zero-order chi connectivity index (χ0) is 13.7. The molecule has 0 aliphatic heterocycles. The van der Waals surface area contributed by atoms with Crippen LogP contribution in [0.15, 0.2) is 35.1 Å². The molecule has 0 saturated heterocycles. The Morgan fingerprint density at radius 3 is 2.74 bits per heavy atom. The number of aryl methyl sites for hydroxylation is 1. The summed E-state index contributed by atoms with van der Waals surface area (Å²) in [7, 11) is 0. The lowest BCUT2D eigenvalue weighted by Gasteiger charge is -2.01. The standard InChI is InChI=1S/C13H11BrN4O/c14-11-5-3-10(4-6-11)12(19)2-1-7-18-9-16-13(8-15)17-18/h3-6,9H,1-2,7H2. The van der Waals surface area contributed by atoms with Gasteiger partial charge >= 0.3 is 0 Å². The molecule has 0 amide bonds. The molecule has 2 aromatic rings. The van der Waals surface area contributed by atoms with Crippen molar-refractivity contribution in [2.24, 2.45) is 0 Å². The van der Waals surface area contributed by atoms with Crippen LogP contribution in [-0.4, -0.2) is 20.5 Å². The Labute approximate surface area is 119 Å². The number of hydrogen-bond acceptors (Lipinski definition) is 4. The minimum absolute atomic E-state index is 0.105. The smallest absolute Gasteiger partial charge is 0.252 e. The fraction of sp³-hybridized carbons (Fsp3) is 0.231. The molecule has 0 saturated carbocycles. The second-order valence-corrected chi connectivity index (χ2v) is 4.89. The van der Waals surface area contributed by atoms with Crippen molar-refractivity contribution in [2.75, 3.05) is 0 Å². The molecule has 1 aromatic carbocycles. The van der Waals surface area contributed by atoms with Crippen molar-refractivity contribution in [1.82, 2.24) is 14.8 Å². The van der Waals surface area contributed by atoms with E-state index < -0.39 is 0 Å². The van der Waals surface area contributed by atoms with Crippen molar-refractivity contribution in [2.45, 2.75) is 19.4 Å². The molecule has 0 fully saturated rings. The average Bonchev–Trinajstić information content (AvgIpc) is 2.87. The molecule has 2 rings (SSSR count). The maximum Gasteiger partial charge on any atom is 0.252 e. The summed E-state index contributed by atoms with van der Waals surface area (Å²) in [5.41, 5.74) is 0.708. The molecule has 0 aliphatic carbocycles. The Hall–Kier alpha value is -2.00. The first-order chi connectivity index (χ1) is 9.19. The van der Waals surface area contributed by atoms with Gasteiger partial charge in [0.1, 0.15) is 12.4 Å². The average molecular weight is 319 g/mol. The second-order valence-electron chi connectivity index (χ2n) is 3.98. The molecule has 19 heavy (non-hydrogen) atoms. The van der Waals surface area contributed by atoms with E-state index in [1.807, 2.05) is 18.2 Å². The maximum absolute atomic E-state index is 11.9. The van der Waals surface area contributed by atoms with Crippen LogP contribution in [0.4, 0.5) is 0 Å². The third-order valence-corrected chi connectivity index (χ3v) is 3.12. The van der Waals surface area contributed by atoms with Crippen molar-refractivity contribution < 1.29 is 4.79 Å². The monoisotopic (exact) mass is 318 g/mol. The number of benzene rings is 1. The van der Waals surface area contributed by atoms with Crippen LogP contribution < -0.4 is 0 Å². The van der Waals surface area contributed by atoms with Crippen LogP contribution in [0.3, 0.4) is 0 Å². The van der Waals surface area contributed by atoms with Crippen LogP contribution in [-0.2, 0) is 6.54 Å². The Morgan fingerprint density at radius 2 is 2.11 bits per heavy atom. The fourth-order valence-electron chi connectivity index (χ4n) is 1.64. The molecule has 1 aromatic heterocycles. The molecular weight excluding hydrogens is 308 g/mol. The number of ketones is 1. The van der Waals surface area contributed by atoms with Crippen molar-refractivity contribution in [1.29, 1.82) is 5.26 Å². The molecule has 0 N–H and O–H groups in total. The Morgan fingerprint density at radius 1 is 1.37 bits per heavy atom. The lowest BCUT2D eigenvalue weighted by molar-refractivity contribution is 0.0978. The van der Waals surface area contributed by atoms with Gasteiger partial charge in [-0.2, -0.15) is 5.26 Å². The van der Waals surface area contributed by atoms with E-state index in [0.717, 1.165) is 4.47 Å². The minimum Gasteiger partial charge on any atom is -0.294 e. The number of hydrogen-bond donors (Lipinski definition) is 0. The topological polar surface area (TPSA) is 71.6 Å². The Bertz CT molecular complexity index is 612. The minimum atomic E-state index is 0.105. The van der Waals surface area contributed by atoms with Crippen LogP contribution in [0.2, 0.25) is 0 Å². The molecule has 6 heteroatoms. The SMILES string of the molecule is N#Cc1ncn(CCCC(=O)c2ccc(Br)cc2)n1. The first-order valence-electron chi connectivity index (χ1n) is 5.77. The van der Waals surface area contributed by atoms with Crippen molar-refractivity contribution in [3.63, 3.8) is 0 Å². The first-order valence-corrected chi connectivity index (χ1v) is 6.56. The highest BCUT2D eigenvalue weighted by Gasteiger charge is 2.06. The fourth-order valence-corrected chi connectivity index (χ4v) is 1.90. The van der Waals surface area contributed by atoms with Gasteiger partial charge in [0, 0.05) is 23.0 Å². The molecule has 96 valence electrons. The summed E-state index contributed by atoms with van der Waals surface area (Å²) in [6, 6.07) is 9.17. The predicted molar refractivity (Wildman–Crippen MR) is 72.4 cm³/mol. The first kappa shape index (κ1) is 13.4. The van der Waals surface area contributed by atoms with Crippen molar-refractivity contribution >= 4 is 21.7 Å². The van der Waals surface area contributed by atoms with Gasteiger partial charge in [0.15, 0.2) is 5.78 Å². The second kappa shape index (κ2) is 6.25. The van der Waals surface area contributed by atoms with E-state index in [4.69, 9.17) is 5.26 Å². The number of carbonyl (C=O) groups excluding carboxylic acids is 1. The number of nitrogens with zero attached hydrogens (tertiary/aromatic N) is 4. The van der Waals surface area contributed by atoms with Crippen molar-refractivity contribution in [3.05, 3.63) is 46.5 Å². The van der Waals surface area contributed by atoms with Gasteiger partial charge in [-0.3, -0.25) is 9.48 Å². The number of aromatic nitrogens is 3. The van der Waals surface area contributed by atoms with Crippen LogP contribution in [0.1, 0.15) is 29.0 Å². The van der Waals surface area contributed by atoms with Crippen LogP contribution in [0.25, 0.3) is 0 Å². The highest BCUT2D eigenvalue weighted by molar-refractivity contribution is 9.10. The zero-order valence-corrected chi connectivity index (χ0v) is 11.7. The van der Waals surface area contributed by atoms with Gasteiger partial charge in [0.2, 0.25) is 0 Å². The number of Topliss-reactive ketones (excluding diaryl/α,β-unsaturated/α-hetero) is 1. The van der Waals surface area contributed by atoms with Gasteiger partial charge in [0.05, 0.1) is 0 Å². The summed E-state index contributed by atoms with van der Waals surface area (Å²) < 4.78 is 2.53. The summed E-state index contributed by atoms with van der Waals surface area (Å²) in [5.74, 6) is 0.257. The number of nitriles is 1. The van der Waals surface area contributed by atoms with Gasteiger partial charge in [-0.25, -0.2) is 4.98 Å². The number of halogens is 1. The maximum atomic E-state index is 11.9. The van der Waals surface area contributed by atoms with Crippen LogP contribution >= 0.6 is 15.9 Å². The molecular formula is C13H11BrN4O. The number of rotatable bonds is 5. The predicted octanol–water partition coefficient (Wildman–Crippen LogP) is 2.58. The van der Waals surface area contributed by atoms with E-state index in [1.165, 1.54) is 6.33 Å². The lowest BCUT2D eigenvalue weighted by atomic mass is 10.1. The quantitative estimate of drug-likeness (QED) is 0.794. The van der Waals surface area contributed by atoms with Crippen molar-refractivity contribution in [3.8, 4) is 6.07 Å². The Kier molecular flexibility index (Phi) is 4.42. The van der Waals surface area contributed by atoms with E-state index in [-0.39, 0.29) is 11.6 Å². The summed E-state index contributed by atoms with van der Waals surface area (Å²) in [6.45, 7) is 0.580. The van der Waals surface area contributed by atoms with Gasteiger partial charge in [0.25, 0.3) is 5.82 Å². The van der Waals surface area contributed by atoms with E-state index in [0.29, 0.717) is 24.9 Å². The molecule has 0 unspecified atom stereocenters. The highest BCUT2D eigenvalue weighted by Crippen LogP contribution is 2.12. The third kappa shape index (κ3) is 3.73. The molecule has 0 radical (unpaired) electrons. The van der Waals surface area contributed by atoms with E-state index in [9.17, 15) is 4.79 Å². The summed E-state index contributed by atoms with van der Waals surface area (Å²) in [6.07, 6.45) is 2.62. The molecule has 1 heterocycles. The van der Waals surface area contributed by atoms with Gasteiger partial charge in [-0.15, -0.1) is 5.10 Å². The summed E-state index contributed by atoms with van der Waals surface area (Å²) >= 11 is 3.33. The van der Waals surface area contributed by atoms with Crippen LogP contribution in [0.5, 0.6) is 0 Å². The van der Waals surface area contributed by atoms with Gasteiger partial charge < -0.3 is 0 Å². The molecule has 0 bridgehead atoms. The third-order valence-electron chi connectivity index (χ3n) is 2.59. The van der Waals surface area contributed by atoms with Crippen LogP contribution in [0, 0.1) is 11.3 Å². The number of carbonyl (C=O) groups is 1. The van der Waals surface area contributed by atoms with E-state index in [1.54, 1.807) is 16.8 Å². The summed E-state index contributed by atoms with van der Waals surface area (Å²) in [4.78, 5) is 15.7. The zero-order valence-electron chi connectivity index (χ0n) is 10.1. The molecule has 5 nitrogen and oxygen atoms in total. The normalized spacial score (nSPS) is 10.1. The van der Waals surface area contributed by atoms with E-state index >= 15 is 0 Å². The van der Waals surface area contributed by atoms with Gasteiger partial charge in [-0.1, -0.05) is 28.1 Å². The lowest BCUT2D eigenvalue weighted by Crippen LogP contribution is -2.04. The van der Waals surface area contributed by atoms with Gasteiger partial charge in [-0.05, 0) is 18.6 Å². The highest BCUT2D eigenvalue weighted by atomic mass is 79.9. The molecule has 0 aliphatic rings. The molecule has 0 atom stereocenters. The van der Waals surface area contributed by atoms with E-state index in [2.05, 4.69) is 26.0 Å². The summed E-state index contributed by atoms with van der Waals surface area (Å²) in [5, 5.41) is 12.5.